The van der Waals surface area contributed by atoms with Crippen molar-refractivity contribution in [2.45, 2.75) is 418 Å². The average Bonchev–Trinajstić information content (AvgIpc) is 3.47. The van der Waals surface area contributed by atoms with E-state index in [4.69, 9.17) is 4.74 Å². The summed E-state index contributed by atoms with van der Waals surface area (Å²) in [6.07, 6.45) is 90.9. The van der Waals surface area contributed by atoms with Crippen molar-refractivity contribution in [3.05, 3.63) is 36.5 Å². The second-order valence-corrected chi connectivity index (χ2v) is 25.3. The number of allylic oxidation sites excluding steroid dienone is 5. The first kappa shape index (κ1) is 79.1. The van der Waals surface area contributed by atoms with Crippen LogP contribution >= 0.6 is 0 Å². The lowest BCUT2D eigenvalue weighted by Crippen LogP contribution is -2.45. The topological polar surface area (TPSA) is 95.9 Å². The van der Waals surface area contributed by atoms with Crippen LogP contribution in [0.5, 0.6) is 0 Å². The van der Waals surface area contributed by atoms with Crippen LogP contribution in [0.4, 0.5) is 0 Å². The largest absolute Gasteiger partial charge is 0.466 e. The molecule has 478 valence electrons. The third kappa shape index (κ3) is 67.1. The van der Waals surface area contributed by atoms with Crippen LogP contribution in [0.2, 0.25) is 0 Å². The Kier molecular flexibility index (Phi) is 68.9. The Morgan fingerprint density at radius 1 is 0.333 bits per heavy atom. The predicted molar refractivity (Wildman–Crippen MR) is 356 cm³/mol. The van der Waals surface area contributed by atoms with E-state index < -0.39 is 12.1 Å². The first-order valence-corrected chi connectivity index (χ1v) is 36.8. The standard InChI is InChI=1S/C75H143NO5/c1-3-5-7-9-11-13-15-17-19-21-36-39-43-47-51-55-59-63-67-73(78)72(71-77)76-74(79)68-64-60-56-52-48-44-40-37-33-31-29-27-25-23-22-24-26-28-30-32-34-38-42-46-50-54-58-62-66-70-81-75(80)69-65-61-57-53-49-45-41-35-20-18-16-14-12-10-8-6-4-2/h18,20,22,24,63,67,72-73,77-78H,3-17,19,21,23,25-62,64-66,68-71H2,1-2H3,(H,76,79)/b20-18-,24-22-,67-63+. The Bertz CT molecular complexity index is 1310. The fraction of sp³-hybridized carbons (Fsp3) is 0.893. The Labute approximate surface area is 506 Å². The molecule has 0 saturated carbocycles. The van der Waals surface area contributed by atoms with Crippen LogP contribution in [0.25, 0.3) is 0 Å². The van der Waals surface area contributed by atoms with E-state index in [-0.39, 0.29) is 18.5 Å². The first-order chi connectivity index (χ1) is 40.0. The highest BCUT2D eigenvalue weighted by Crippen LogP contribution is 2.18. The summed E-state index contributed by atoms with van der Waals surface area (Å²) in [5.41, 5.74) is 0. The van der Waals surface area contributed by atoms with Gasteiger partial charge in [-0.15, -0.1) is 0 Å². The van der Waals surface area contributed by atoms with Crippen molar-refractivity contribution in [2.75, 3.05) is 13.2 Å². The highest BCUT2D eigenvalue weighted by Gasteiger charge is 2.18. The number of aliphatic hydroxyl groups excluding tert-OH is 2. The molecule has 0 saturated heterocycles. The van der Waals surface area contributed by atoms with Gasteiger partial charge in [0.25, 0.3) is 0 Å². The number of rotatable bonds is 69. The lowest BCUT2D eigenvalue weighted by molar-refractivity contribution is -0.143. The summed E-state index contributed by atoms with van der Waals surface area (Å²) in [7, 11) is 0. The van der Waals surface area contributed by atoms with Gasteiger partial charge in [0.2, 0.25) is 5.91 Å². The van der Waals surface area contributed by atoms with Crippen LogP contribution < -0.4 is 5.32 Å². The molecule has 0 aliphatic rings. The molecule has 6 heteroatoms. The third-order valence-corrected chi connectivity index (χ3v) is 17.1. The van der Waals surface area contributed by atoms with Gasteiger partial charge < -0.3 is 20.3 Å². The van der Waals surface area contributed by atoms with Gasteiger partial charge in [0.05, 0.1) is 25.4 Å². The van der Waals surface area contributed by atoms with Crippen LogP contribution in [-0.4, -0.2) is 47.4 Å². The number of unbranched alkanes of at least 4 members (excludes halogenated alkanes) is 54. The highest BCUT2D eigenvalue weighted by atomic mass is 16.5. The zero-order chi connectivity index (χ0) is 58.5. The molecule has 81 heavy (non-hydrogen) atoms. The Hall–Kier alpha value is -1.92. The van der Waals surface area contributed by atoms with Gasteiger partial charge in [-0.1, -0.05) is 346 Å². The van der Waals surface area contributed by atoms with Gasteiger partial charge in [0, 0.05) is 12.8 Å². The maximum Gasteiger partial charge on any atom is 0.305 e. The summed E-state index contributed by atoms with van der Waals surface area (Å²) >= 11 is 0. The molecule has 0 aromatic heterocycles. The van der Waals surface area contributed by atoms with E-state index >= 15 is 0 Å². The molecule has 1 amide bonds. The molecule has 0 radical (unpaired) electrons. The zero-order valence-electron chi connectivity index (χ0n) is 54.8. The monoisotopic (exact) mass is 1140 g/mol. The lowest BCUT2D eigenvalue weighted by Gasteiger charge is -2.20. The summed E-state index contributed by atoms with van der Waals surface area (Å²) in [6, 6.07) is -0.628. The third-order valence-electron chi connectivity index (χ3n) is 17.1. The highest BCUT2D eigenvalue weighted by molar-refractivity contribution is 5.76. The maximum atomic E-state index is 12.5. The van der Waals surface area contributed by atoms with Crippen LogP contribution in [0, 0.1) is 0 Å². The molecule has 0 heterocycles. The predicted octanol–water partition coefficient (Wildman–Crippen LogP) is 23.9. The number of aliphatic hydroxyl groups is 2. The Morgan fingerprint density at radius 3 is 0.877 bits per heavy atom. The van der Waals surface area contributed by atoms with Gasteiger partial charge in [-0.25, -0.2) is 0 Å². The van der Waals surface area contributed by atoms with E-state index in [2.05, 4.69) is 43.5 Å². The number of ether oxygens (including phenoxy) is 1. The molecule has 0 bridgehead atoms. The number of hydrogen-bond donors (Lipinski definition) is 3. The van der Waals surface area contributed by atoms with Gasteiger partial charge in [0.15, 0.2) is 0 Å². The minimum Gasteiger partial charge on any atom is -0.466 e. The number of carbonyl (C=O) groups excluding carboxylic acids is 2. The number of amides is 1. The number of esters is 1. The normalized spacial score (nSPS) is 12.7. The lowest BCUT2D eigenvalue weighted by atomic mass is 10.0. The molecule has 0 aliphatic heterocycles. The average molecular weight is 1140 g/mol. The van der Waals surface area contributed by atoms with Crippen molar-refractivity contribution in [1.29, 1.82) is 0 Å². The number of nitrogens with one attached hydrogen (secondary N) is 1. The van der Waals surface area contributed by atoms with Crippen molar-refractivity contribution in [3.8, 4) is 0 Å². The molecule has 0 aromatic carbocycles. The second kappa shape index (κ2) is 70.6. The zero-order valence-corrected chi connectivity index (χ0v) is 54.8. The minimum absolute atomic E-state index is 0.0134. The number of hydrogen-bond acceptors (Lipinski definition) is 5. The van der Waals surface area contributed by atoms with E-state index in [0.717, 1.165) is 44.9 Å². The Balaban J connectivity index is 3.38. The van der Waals surface area contributed by atoms with Gasteiger partial charge in [0.1, 0.15) is 0 Å². The van der Waals surface area contributed by atoms with E-state index in [1.54, 1.807) is 6.08 Å². The molecule has 3 N–H and O–H groups in total. The van der Waals surface area contributed by atoms with Crippen molar-refractivity contribution in [1.82, 2.24) is 5.32 Å². The Morgan fingerprint density at radius 2 is 0.580 bits per heavy atom. The van der Waals surface area contributed by atoms with Gasteiger partial charge in [-0.3, -0.25) is 9.59 Å². The van der Waals surface area contributed by atoms with Crippen LogP contribution in [0.1, 0.15) is 406 Å². The van der Waals surface area contributed by atoms with E-state index in [1.165, 1.54) is 334 Å². The summed E-state index contributed by atoms with van der Waals surface area (Å²) < 4.78 is 5.50. The molecule has 0 spiro atoms. The van der Waals surface area contributed by atoms with Crippen molar-refractivity contribution < 1.29 is 24.5 Å². The SMILES string of the molecule is CCCCCCCC/C=C\CCCCCCCCCC(=O)OCCCCCCCCCCCCCC/C=C\CCCCCCCCCCCCCCCC(=O)NC(CO)C(O)/C=C/CCCCCCCCCCCCCCCCCC. The van der Waals surface area contributed by atoms with E-state index in [1.807, 2.05) is 6.08 Å². The van der Waals surface area contributed by atoms with Gasteiger partial charge in [-0.05, 0) is 83.5 Å². The second-order valence-electron chi connectivity index (χ2n) is 25.3. The molecular formula is C75H143NO5. The molecule has 2 atom stereocenters. The summed E-state index contributed by atoms with van der Waals surface area (Å²) in [4.78, 5) is 24.6. The molecule has 0 fully saturated rings. The van der Waals surface area contributed by atoms with Crippen LogP contribution in [0.15, 0.2) is 36.5 Å². The number of carbonyl (C=O) groups is 2. The van der Waals surface area contributed by atoms with Crippen molar-refractivity contribution in [2.24, 2.45) is 0 Å². The molecule has 2 unspecified atom stereocenters. The molecule has 0 rings (SSSR count). The van der Waals surface area contributed by atoms with Gasteiger partial charge >= 0.3 is 5.97 Å². The van der Waals surface area contributed by atoms with E-state index in [9.17, 15) is 19.8 Å². The van der Waals surface area contributed by atoms with Crippen molar-refractivity contribution in [3.63, 3.8) is 0 Å². The summed E-state index contributed by atoms with van der Waals surface area (Å²) in [6.45, 7) is 4.93. The van der Waals surface area contributed by atoms with Gasteiger partial charge in [-0.2, -0.15) is 0 Å². The summed E-state index contributed by atoms with van der Waals surface area (Å²) in [5.74, 6) is -0.0506. The first-order valence-electron chi connectivity index (χ1n) is 36.8. The molecular weight excluding hydrogens is 995 g/mol. The fourth-order valence-electron chi connectivity index (χ4n) is 11.5. The molecule has 0 aliphatic carbocycles. The molecule has 6 nitrogen and oxygen atoms in total. The molecule has 0 aromatic rings. The van der Waals surface area contributed by atoms with E-state index in [0.29, 0.717) is 19.4 Å². The summed E-state index contributed by atoms with van der Waals surface area (Å²) in [5, 5.41) is 23.2. The van der Waals surface area contributed by atoms with Crippen LogP contribution in [-0.2, 0) is 14.3 Å². The quantitative estimate of drug-likeness (QED) is 0.0320. The maximum absolute atomic E-state index is 12.5. The van der Waals surface area contributed by atoms with Crippen LogP contribution in [0.3, 0.4) is 0 Å². The van der Waals surface area contributed by atoms with Crippen molar-refractivity contribution >= 4 is 11.9 Å². The fourth-order valence-corrected chi connectivity index (χ4v) is 11.5. The minimum atomic E-state index is -0.845. The smallest absolute Gasteiger partial charge is 0.305 e.